The second-order valence-electron chi connectivity index (χ2n) is 6.24. The maximum absolute atomic E-state index is 12.3. The van der Waals surface area contributed by atoms with Gasteiger partial charge in [0.1, 0.15) is 11.5 Å². The number of hydrogen-bond donors (Lipinski definition) is 2. The van der Waals surface area contributed by atoms with E-state index in [0.717, 1.165) is 4.90 Å². The summed E-state index contributed by atoms with van der Waals surface area (Å²) in [6.07, 6.45) is 0. The molecule has 3 aromatic carbocycles. The molecule has 0 radical (unpaired) electrons. The second-order valence-corrected chi connectivity index (χ2v) is 7.29. The Balaban J connectivity index is 1.51. The molecule has 0 heterocycles. The van der Waals surface area contributed by atoms with Crippen LogP contribution in [-0.2, 0) is 4.79 Å². The molecule has 0 bridgehead atoms. The molecule has 0 saturated carbocycles. The molecular formula is C23H22N2O4S. The minimum absolute atomic E-state index is 0.124. The van der Waals surface area contributed by atoms with E-state index in [4.69, 9.17) is 9.47 Å². The van der Waals surface area contributed by atoms with Crippen molar-refractivity contribution in [1.82, 2.24) is 0 Å². The van der Waals surface area contributed by atoms with E-state index in [1.165, 1.54) is 11.8 Å². The van der Waals surface area contributed by atoms with Gasteiger partial charge in [-0.05, 0) is 60.7 Å². The van der Waals surface area contributed by atoms with Gasteiger partial charge in [0, 0.05) is 16.1 Å². The van der Waals surface area contributed by atoms with Crippen LogP contribution in [0.1, 0.15) is 10.4 Å². The van der Waals surface area contributed by atoms with Gasteiger partial charge in [-0.2, -0.15) is 0 Å². The van der Waals surface area contributed by atoms with Gasteiger partial charge < -0.3 is 20.1 Å². The molecule has 0 spiro atoms. The molecule has 0 fully saturated rings. The van der Waals surface area contributed by atoms with Gasteiger partial charge in [-0.3, -0.25) is 9.59 Å². The number of carbonyl (C=O) groups is 2. The Morgan fingerprint density at radius 1 is 0.833 bits per heavy atom. The lowest BCUT2D eigenvalue weighted by Crippen LogP contribution is -2.14. The first-order valence-corrected chi connectivity index (χ1v) is 10.2. The lowest BCUT2D eigenvalue weighted by Gasteiger charge is -2.10. The van der Waals surface area contributed by atoms with E-state index in [2.05, 4.69) is 10.6 Å². The van der Waals surface area contributed by atoms with E-state index in [0.29, 0.717) is 28.4 Å². The Bertz CT molecular complexity index is 1000. The SMILES string of the molecule is COc1ccc(C(=O)Nc2ccc(SCC(=O)Nc3ccccc3OC)cc2)cc1. The van der Waals surface area contributed by atoms with Crippen LogP contribution in [0.25, 0.3) is 0 Å². The monoisotopic (exact) mass is 422 g/mol. The topological polar surface area (TPSA) is 76.7 Å². The van der Waals surface area contributed by atoms with Crippen molar-refractivity contribution in [2.45, 2.75) is 4.90 Å². The van der Waals surface area contributed by atoms with Crippen molar-refractivity contribution in [1.29, 1.82) is 0 Å². The lowest BCUT2D eigenvalue weighted by atomic mass is 10.2. The van der Waals surface area contributed by atoms with E-state index in [1.54, 1.807) is 50.6 Å². The largest absolute Gasteiger partial charge is 0.497 e. The molecule has 7 heteroatoms. The van der Waals surface area contributed by atoms with Gasteiger partial charge in [-0.15, -0.1) is 11.8 Å². The zero-order chi connectivity index (χ0) is 21.3. The summed E-state index contributed by atoms with van der Waals surface area (Å²) in [5.41, 5.74) is 1.86. The number of benzene rings is 3. The number of methoxy groups -OCH3 is 2. The Hall–Kier alpha value is -3.45. The predicted octanol–water partition coefficient (Wildman–Crippen LogP) is 4.69. The van der Waals surface area contributed by atoms with Crippen molar-refractivity contribution in [3.8, 4) is 11.5 Å². The first-order chi connectivity index (χ1) is 14.6. The van der Waals surface area contributed by atoms with Crippen LogP contribution in [0.15, 0.2) is 77.7 Å². The fraction of sp³-hybridized carbons (Fsp3) is 0.130. The normalized spacial score (nSPS) is 10.2. The molecule has 0 atom stereocenters. The van der Waals surface area contributed by atoms with E-state index in [-0.39, 0.29) is 17.6 Å². The Morgan fingerprint density at radius 2 is 1.53 bits per heavy atom. The summed E-state index contributed by atoms with van der Waals surface area (Å²) in [6, 6.07) is 21.5. The first kappa shape index (κ1) is 21.3. The summed E-state index contributed by atoms with van der Waals surface area (Å²) in [4.78, 5) is 25.5. The number of nitrogens with one attached hydrogen (secondary N) is 2. The smallest absolute Gasteiger partial charge is 0.255 e. The number of amides is 2. The molecule has 154 valence electrons. The van der Waals surface area contributed by atoms with Gasteiger partial charge in [0.15, 0.2) is 0 Å². The minimum Gasteiger partial charge on any atom is -0.497 e. The molecule has 2 N–H and O–H groups in total. The fourth-order valence-corrected chi connectivity index (χ4v) is 3.36. The van der Waals surface area contributed by atoms with Crippen molar-refractivity contribution >= 4 is 35.0 Å². The van der Waals surface area contributed by atoms with Crippen LogP contribution in [0.3, 0.4) is 0 Å². The average molecular weight is 423 g/mol. The van der Waals surface area contributed by atoms with E-state index >= 15 is 0 Å². The molecule has 6 nitrogen and oxygen atoms in total. The second kappa shape index (κ2) is 10.4. The quantitative estimate of drug-likeness (QED) is 0.515. The van der Waals surface area contributed by atoms with Crippen LogP contribution in [0, 0.1) is 0 Å². The number of ether oxygens (including phenoxy) is 2. The van der Waals surface area contributed by atoms with Gasteiger partial charge in [0.05, 0.1) is 25.7 Å². The first-order valence-electron chi connectivity index (χ1n) is 9.20. The highest BCUT2D eigenvalue weighted by Crippen LogP contribution is 2.25. The number of hydrogen-bond acceptors (Lipinski definition) is 5. The molecule has 0 unspecified atom stereocenters. The fourth-order valence-electron chi connectivity index (χ4n) is 2.66. The molecule has 0 aliphatic carbocycles. The summed E-state index contributed by atoms with van der Waals surface area (Å²) in [5.74, 6) is 1.25. The van der Waals surface area contributed by atoms with Gasteiger partial charge in [-0.1, -0.05) is 12.1 Å². The van der Waals surface area contributed by atoms with Crippen LogP contribution in [0.2, 0.25) is 0 Å². The highest BCUT2D eigenvalue weighted by molar-refractivity contribution is 8.00. The summed E-state index contributed by atoms with van der Waals surface area (Å²) >= 11 is 1.41. The van der Waals surface area contributed by atoms with Crippen LogP contribution >= 0.6 is 11.8 Å². The van der Waals surface area contributed by atoms with Crippen LogP contribution in [0.4, 0.5) is 11.4 Å². The Kier molecular flexibility index (Phi) is 7.34. The third kappa shape index (κ3) is 5.78. The Labute approximate surface area is 179 Å². The molecule has 3 rings (SSSR count). The molecule has 30 heavy (non-hydrogen) atoms. The molecule has 0 aromatic heterocycles. The zero-order valence-corrected chi connectivity index (χ0v) is 17.5. The zero-order valence-electron chi connectivity index (χ0n) is 16.7. The molecule has 0 aliphatic heterocycles. The maximum atomic E-state index is 12.3. The summed E-state index contributed by atoms with van der Waals surface area (Å²) in [5, 5.41) is 5.70. The maximum Gasteiger partial charge on any atom is 0.255 e. The number of rotatable bonds is 8. The summed E-state index contributed by atoms with van der Waals surface area (Å²) in [6.45, 7) is 0. The van der Waals surface area contributed by atoms with E-state index in [9.17, 15) is 9.59 Å². The summed E-state index contributed by atoms with van der Waals surface area (Å²) in [7, 11) is 3.14. The number of para-hydroxylation sites is 2. The summed E-state index contributed by atoms with van der Waals surface area (Å²) < 4.78 is 10.3. The standard InChI is InChI=1S/C23H22N2O4S/c1-28-18-11-7-16(8-12-18)23(27)24-17-9-13-19(14-10-17)30-15-22(26)25-20-5-3-4-6-21(20)29-2/h3-14H,15H2,1-2H3,(H,24,27)(H,25,26). The molecular weight excluding hydrogens is 400 g/mol. The van der Waals surface area contributed by atoms with Crippen molar-refractivity contribution in [2.75, 3.05) is 30.6 Å². The highest BCUT2D eigenvalue weighted by Gasteiger charge is 2.09. The van der Waals surface area contributed by atoms with Crippen LogP contribution < -0.4 is 20.1 Å². The van der Waals surface area contributed by atoms with Crippen molar-refractivity contribution in [3.05, 3.63) is 78.4 Å². The number of thioether (sulfide) groups is 1. The molecule has 0 aliphatic rings. The van der Waals surface area contributed by atoms with Gasteiger partial charge in [0.25, 0.3) is 5.91 Å². The van der Waals surface area contributed by atoms with Crippen molar-refractivity contribution < 1.29 is 19.1 Å². The van der Waals surface area contributed by atoms with Crippen molar-refractivity contribution in [3.63, 3.8) is 0 Å². The number of carbonyl (C=O) groups excluding carboxylic acids is 2. The third-order valence-electron chi connectivity index (χ3n) is 4.22. The lowest BCUT2D eigenvalue weighted by molar-refractivity contribution is -0.113. The van der Waals surface area contributed by atoms with Crippen LogP contribution in [0.5, 0.6) is 11.5 Å². The predicted molar refractivity (Wildman–Crippen MR) is 120 cm³/mol. The molecule has 3 aromatic rings. The van der Waals surface area contributed by atoms with Gasteiger partial charge in [-0.25, -0.2) is 0 Å². The molecule has 0 saturated heterocycles. The van der Waals surface area contributed by atoms with Crippen LogP contribution in [-0.4, -0.2) is 31.8 Å². The third-order valence-corrected chi connectivity index (χ3v) is 5.23. The minimum atomic E-state index is -0.200. The van der Waals surface area contributed by atoms with E-state index in [1.807, 2.05) is 36.4 Å². The van der Waals surface area contributed by atoms with Gasteiger partial charge in [0.2, 0.25) is 5.91 Å². The van der Waals surface area contributed by atoms with Gasteiger partial charge >= 0.3 is 0 Å². The number of anilines is 2. The highest BCUT2D eigenvalue weighted by atomic mass is 32.2. The Morgan fingerprint density at radius 3 is 2.20 bits per heavy atom. The van der Waals surface area contributed by atoms with E-state index < -0.39 is 0 Å². The average Bonchev–Trinajstić information content (AvgIpc) is 2.79. The molecule has 2 amide bonds. The van der Waals surface area contributed by atoms with Crippen molar-refractivity contribution in [2.24, 2.45) is 0 Å².